The van der Waals surface area contributed by atoms with Crippen molar-refractivity contribution in [2.45, 2.75) is 19.5 Å². The van der Waals surface area contributed by atoms with Gasteiger partial charge in [-0.15, -0.1) is 13.2 Å². The first-order valence-electron chi connectivity index (χ1n) is 9.94. The van der Waals surface area contributed by atoms with Crippen LogP contribution in [0.1, 0.15) is 15.9 Å². The molecule has 0 aliphatic heterocycles. The molecule has 1 aromatic heterocycles. The highest BCUT2D eigenvalue weighted by molar-refractivity contribution is 6.07. The fourth-order valence-electron chi connectivity index (χ4n) is 3.22. The van der Waals surface area contributed by atoms with Gasteiger partial charge in [0.25, 0.3) is 11.5 Å². The number of anilines is 2. The SMILES string of the molecule is COCCn1c(N)c(N(Cc2ccccc2)C(=O)c2ccc(OC(F)(F)F)cc2)c(=O)[nH]c1=O. The van der Waals surface area contributed by atoms with Crippen molar-refractivity contribution in [1.82, 2.24) is 9.55 Å². The molecule has 3 rings (SSSR count). The van der Waals surface area contributed by atoms with E-state index < -0.39 is 29.3 Å². The second-order valence-electron chi connectivity index (χ2n) is 7.09. The van der Waals surface area contributed by atoms with E-state index >= 15 is 0 Å². The second kappa shape index (κ2) is 10.3. The molecule has 0 aliphatic rings. The number of benzene rings is 2. The summed E-state index contributed by atoms with van der Waals surface area (Å²) >= 11 is 0. The van der Waals surface area contributed by atoms with Crippen molar-refractivity contribution in [3.8, 4) is 5.75 Å². The number of ether oxygens (including phenoxy) is 2. The fraction of sp³-hybridized carbons (Fsp3) is 0.227. The minimum absolute atomic E-state index is 0.0157. The summed E-state index contributed by atoms with van der Waals surface area (Å²) in [5.74, 6) is -1.49. The Morgan fingerprint density at radius 1 is 1.09 bits per heavy atom. The van der Waals surface area contributed by atoms with E-state index in [9.17, 15) is 27.6 Å². The van der Waals surface area contributed by atoms with Crippen LogP contribution in [0.2, 0.25) is 0 Å². The summed E-state index contributed by atoms with van der Waals surface area (Å²) < 4.78 is 47.2. The molecule has 0 saturated heterocycles. The van der Waals surface area contributed by atoms with Gasteiger partial charge in [0.05, 0.1) is 19.7 Å². The Morgan fingerprint density at radius 2 is 1.74 bits per heavy atom. The Bertz CT molecular complexity index is 1250. The number of amides is 1. The summed E-state index contributed by atoms with van der Waals surface area (Å²) in [6, 6.07) is 12.9. The highest BCUT2D eigenvalue weighted by atomic mass is 19.4. The molecular weight excluding hydrogens is 457 g/mol. The van der Waals surface area contributed by atoms with E-state index in [0.29, 0.717) is 5.56 Å². The third-order valence-electron chi connectivity index (χ3n) is 4.77. The maximum absolute atomic E-state index is 13.4. The van der Waals surface area contributed by atoms with Crippen LogP contribution in [0.25, 0.3) is 0 Å². The molecule has 12 heteroatoms. The quantitative estimate of drug-likeness (QED) is 0.514. The van der Waals surface area contributed by atoms with Crippen molar-refractivity contribution < 1.29 is 27.4 Å². The molecule has 0 fully saturated rings. The molecule has 0 aliphatic carbocycles. The highest BCUT2D eigenvalue weighted by Gasteiger charge is 2.31. The Morgan fingerprint density at radius 3 is 2.32 bits per heavy atom. The van der Waals surface area contributed by atoms with Gasteiger partial charge in [0.1, 0.15) is 11.6 Å². The Kier molecular flexibility index (Phi) is 7.41. The van der Waals surface area contributed by atoms with Crippen molar-refractivity contribution in [3.05, 3.63) is 86.6 Å². The number of carbonyl (C=O) groups is 1. The van der Waals surface area contributed by atoms with E-state index in [1.807, 2.05) is 0 Å². The van der Waals surface area contributed by atoms with Crippen molar-refractivity contribution in [2.75, 3.05) is 24.4 Å². The topological polar surface area (TPSA) is 120 Å². The van der Waals surface area contributed by atoms with Gasteiger partial charge in [-0.05, 0) is 29.8 Å². The number of hydrogen-bond acceptors (Lipinski definition) is 6. The molecule has 0 bridgehead atoms. The number of aromatic nitrogens is 2. The number of hydrogen-bond donors (Lipinski definition) is 2. The number of nitrogens with one attached hydrogen (secondary N) is 1. The minimum atomic E-state index is -4.89. The van der Waals surface area contributed by atoms with Crippen molar-refractivity contribution in [3.63, 3.8) is 0 Å². The average molecular weight is 478 g/mol. The van der Waals surface area contributed by atoms with Crippen molar-refractivity contribution in [2.24, 2.45) is 0 Å². The van der Waals surface area contributed by atoms with Crippen LogP contribution < -0.4 is 26.6 Å². The van der Waals surface area contributed by atoms with Gasteiger partial charge in [-0.3, -0.25) is 24.0 Å². The molecule has 0 radical (unpaired) electrons. The summed E-state index contributed by atoms with van der Waals surface area (Å²) in [7, 11) is 1.42. The van der Waals surface area contributed by atoms with Crippen LogP contribution in [0.4, 0.5) is 24.7 Å². The zero-order chi connectivity index (χ0) is 24.9. The molecule has 3 N–H and O–H groups in total. The Labute approximate surface area is 191 Å². The van der Waals surface area contributed by atoms with Crippen LogP contribution in [-0.2, 0) is 17.8 Å². The number of nitrogen functional groups attached to an aromatic ring is 1. The van der Waals surface area contributed by atoms with Crippen molar-refractivity contribution >= 4 is 17.4 Å². The predicted octanol–water partition coefficient (Wildman–Crippen LogP) is 2.51. The Balaban J connectivity index is 2.07. The molecular formula is C22H21F3N4O5. The normalized spacial score (nSPS) is 11.3. The van der Waals surface area contributed by atoms with Crippen LogP contribution in [0, 0.1) is 0 Å². The van der Waals surface area contributed by atoms with E-state index in [2.05, 4.69) is 9.72 Å². The monoisotopic (exact) mass is 478 g/mol. The third kappa shape index (κ3) is 5.84. The molecule has 1 amide bonds. The van der Waals surface area contributed by atoms with Crippen LogP contribution >= 0.6 is 0 Å². The lowest BCUT2D eigenvalue weighted by molar-refractivity contribution is -0.274. The van der Waals surface area contributed by atoms with Gasteiger partial charge in [0, 0.05) is 12.7 Å². The smallest absolute Gasteiger partial charge is 0.406 e. The molecule has 0 spiro atoms. The highest BCUT2D eigenvalue weighted by Crippen LogP contribution is 2.25. The van der Waals surface area contributed by atoms with E-state index in [-0.39, 0.29) is 36.8 Å². The maximum atomic E-state index is 13.4. The number of halogens is 3. The van der Waals surface area contributed by atoms with Crippen LogP contribution in [-0.4, -0.2) is 35.5 Å². The van der Waals surface area contributed by atoms with E-state index in [1.54, 1.807) is 30.3 Å². The zero-order valence-corrected chi connectivity index (χ0v) is 18.0. The zero-order valence-electron chi connectivity index (χ0n) is 18.0. The fourth-order valence-corrected chi connectivity index (χ4v) is 3.22. The van der Waals surface area contributed by atoms with Crippen molar-refractivity contribution in [1.29, 1.82) is 0 Å². The Hall–Kier alpha value is -4.06. The minimum Gasteiger partial charge on any atom is -0.406 e. The number of methoxy groups -OCH3 is 1. The molecule has 0 unspecified atom stereocenters. The molecule has 180 valence electrons. The molecule has 34 heavy (non-hydrogen) atoms. The lowest BCUT2D eigenvalue weighted by Gasteiger charge is -2.25. The van der Waals surface area contributed by atoms with Crippen LogP contribution in [0.15, 0.2) is 64.2 Å². The molecule has 2 aromatic carbocycles. The van der Waals surface area contributed by atoms with Gasteiger partial charge in [-0.2, -0.15) is 0 Å². The van der Waals surface area contributed by atoms with Crippen LogP contribution in [0.3, 0.4) is 0 Å². The first-order valence-corrected chi connectivity index (χ1v) is 9.94. The second-order valence-corrected chi connectivity index (χ2v) is 7.09. The lowest BCUT2D eigenvalue weighted by atomic mass is 10.1. The summed E-state index contributed by atoms with van der Waals surface area (Å²) in [5, 5.41) is 0. The predicted molar refractivity (Wildman–Crippen MR) is 118 cm³/mol. The van der Waals surface area contributed by atoms with E-state index in [0.717, 1.165) is 33.7 Å². The maximum Gasteiger partial charge on any atom is 0.573 e. The third-order valence-corrected chi connectivity index (χ3v) is 4.77. The lowest BCUT2D eigenvalue weighted by Crippen LogP contribution is -2.41. The number of aromatic amines is 1. The average Bonchev–Trinajstić information content (AvgIpc) is 2.78. The van der Waals surface area contributed by atoms with Gasteiger partial charge >= 0.3 is 12.1 Å². The number of carbonyl (C=O) groups excluding carboxylic acids is 1. The summed E-state index contributed by atoms with van der Waals surface area (Å²) in [4.78, 5) is 41.6. The molecule has 0 atom stereocenters. The summed E-state index contributed by atoms with van der Waals surface area (Å²) in [5.41, 5.74) is 4.81. The van der Waals surface area contributed by atoms with Gasteiger partial charge in [0.15, 0.2) is 5.69 Å². The number of nitrogens with zero attached hydrogens (tertiary/aromatic N) is 2. The number of rotatable bonds is 8. The molecule has 3 aromatic rings. The number of H-pyrrole nitrogens is 1. The molecule has 1 heterocycles. The van der Waals surface area contributed by atoms with Gasteiger partial charge in [0.2, 0.25) is 0 Å². The van der Waals surface area contributed by atoms with E-state index in [4.69, 9.17) is 10.5 Å². The number of alkyl halides is 3. The van der Waals surface area contributed by atoms with Gasteiger partial charge in [-0.1, -0.05) is 30.3 Å². The largest absolute Gasteiger partial charge is 0.573 e. The van der Waals surface area contributed by atoms with E-state index in [1.165, 1.54) is 7.11 Å². The summed E-state index contributed by atoms with van der Waals surface area (Å²) in [6.07, 6.45) is -4.89. The van der Waals surface area contributed by atoms with Gasteiger partial charge < -0.3 is 15.2 Å². The van der Waals surface area contributed by atoms with Gasteiger partial charge in [-0.25, -0.2) is 4.79 Å². The standard InChI is InChI=1S/C22H21F3N4O5/c1-33-12-11-28-18(26)17(19(30)27-21(28)32)29(13-14-5-3-2-4-6-14)20(31)15-7-9-16(10-8-15)34-22(23,24)25/h2-10H,11-13,26H2,1H3,(H,27,30,32). The first kappa shape index (κ1) is 24.6. The molecule has 0 saturated carbocycles. The molecule has 9 nitrogen and oxygen atoms in total. The first-order chi connectivity index (χ1) is 16.1. The summed E-state index contributed by atoms with van der Waals surface area (Å²) in [6.45, 7) is 0.0287. The van der Waals surface area contributed by atoms with Crippen LogP contribution in [0.5, 0.6) is 5.75 Å². The number of nitrogens with two attached hydrogens (primary N) is 1.